The summed E-state index contributed by atoms with van der Waals surface area (Å²) in [7, 11) is 0. The van der Waals surface area contributed by atoms with Gasteiger partial charge in [-0.15, -0.1) is 0 Å². The number of amides is 3. The number of nitrogens with one attached hydrogen (secondary N) is 2. The molecule has 0 bridgehead atoms. The van der Waals surface area contributed by atoms with Crippen LogP contribution in [0.15, 0.2) is 0 Å². The van der Waals surface area contributed by atoms with Crippen molar-refractivity contribution < 1.29 is 19.1 Å². The SMILES string of the molecule is CC(C)[C@H](NC(=O)OC(C)(C)C)C(=O)N1CCCC12CNC2=O. The van der Waals surface area contributed by atoms with Gasteiger partial charge in [0.2, 0.25) is 11.8 Å². The number of β-lactam (4-membered cyclic amide) rings is 1. The van der Waals surface area contributed by atoms with Crippen LogP contribution in [0.3, 0.4) is 0 Å². The molecular weight excluding hydrogens is 298 g/mol. The topological polar surface area (TPSA) is 87.7 Å². The van der Waals surface area contributed by atoms with E-state index in [4.69, 9.17) is 4.74 Å². The lowest BCUT2D eigenvalue weighted by atomic mass is 9.87. The highest BCUT2D eigenvalue weighted by Gasteiger charge is 2.56. The molecule has 2 fully saturated rings. The van der Waals surface area contributed by atoms with Gasteiger partial charge in [-0.25, -0.2) is 4.79 Å². The Kier molecular flexibility index (Phi) is 4.59. The summed E-state index contributed by atoms with van der Waals surface area (Å²) < 4.78 is 5.24. The minimum absolute atomic E-state index is 0.0943. The molecule has 2 aliphatic heterocycles. The fourth-order valence-electron chi connectivity index (χ4n) is 3.10. The zero-order valence-corrected chi connectivity index (χ0v) is 14.6. The molecule has 2 saturated heterocycles. The molecular formula is C16H27N3O4. The van der Waals surface area contributed by atoms with Gasteiger partial charge in [0.25, 0.3) is 0 Å². The molecule has 0 aromatic carbocycles. The number of ether oxygens (including phenoxy) is 1. The lowest BCUT2D eigenvalue weighted by Crippen LogP contribution is -2.73. The van der Waals surface area contributed by atoms with Crippen LogP contribution in [0.4, 0.5) is 4.79 Å². The molecule has 2 N–H and O–H groups in total. The number of carbonyl (C=O) groups is 3. The van der Waals surface area contributed by atoms with Crippen molar-refractivity contribution in [1.82, 2.24) is 15.5 Å². The van der Waals surface area contributed by atoms with E-state index >= 15 is 0 Å². The highest BCUT2D eigenvalue weighted by Crippen LogP contribution is 2.34. The van der Waals surface area contributed by atoms with Gasteiger partial charge in [-0.3, -0.25) is 9.59 Å². The van der Waals surface area contributed by atoms with Crippen LogP contribution in [0, 0.1) is 5.92 Å². The third-order valence-corrected chi connectivity index (χ3v) is 4.32. The van der Waals surface area contributed by atoms with Crippen LogP contribution in [0.2, 0.25) is 0 Å². The van der Waals surface area contributed by atoms with Crippen LogP contribution in [0.5, 0.6) is 0 Å². The lowest BCUT2D eigenvalue weighted by molar-refractivity contribution is -0.153. The van der Waals surface area contributed by atoms with Crippen molar-refractivity contribution in [2.45, 2.75) is 64.6 Å². The highest BCUT2D eigenvalue weighted by molar-refractivity contribution is 5.98. The minimum atomic E-state index is -0.708. The van der Waals surface area contributed by atoms with E-state index < -0.39 is 23.3 Å². The Bertz CT molecular complexity index is 512. The van der Waals surface area contributed by atoms with Crippen LogP contribution in [-0.4, -0.2) is 53.1 Å². The average Bonchev–Trinajstić information content (AvgIpc) is 2.87. The van der Waals surface area contributed by atoms with E-state index in [0.717, 1.165) is 6.42 Å². The average molecular weight is 325 g/mol. The molecule has 0 saturated carbocycles. The summed E-state index contributed by atoms with van der Waals surface area (Å²) in [6, 6.07) is -0.701. The molecule has 1 spiro atoms. The Morgan fingerprint density at radius 2 is 2.00 bits per heavy atom. The van der Waals surface area contributed by atoms with Crippen LogP contribution in [-0.2, 0) is 14.3 Å². The van der Waals surface area contributed by atoms with Gasteiger partial charge in [0, 0.05) is 13.1 Å². The molecule has 3 amide bonds. The van der Waals surface area contributed by atoms with Gasteiger partial charge in [-0.1, -0.05) is 13.8 Å². The number of nitrogens with zero attached hydrogens (tertiary/aromatic N) is 1. The lowest BCUT2D eigenvalue weighted by Gasteiger charge is -2.45. The maximum absolute atomic E-state index is 12.9. The second-order valence-electron chi connectivity index (χ2n) is 7.68. The summed E-state index contributed by atoms with van der Waals surface area (Å²) in [6.45, 7) is 10.1. The van der Waals surface area contributed by atoms with Gasteiger partial charge in [-0.05, 0) is 39.5 Å². The summed E-state index contributed by atoms with van der Waals surface area (Å²) in [5.41, 5.74) is -1.34. The van der Waals surface area contributed by atoms with Gasteiger partial charge in [0.05, 0.1) is 0 Å². The number of likely N-dealkylation sites (tertiary alicyclic amines) is 1. The second kappa shape index (κ2) is 6.02. The Hall–Kier alpha value is -1.79. The number of hydrogen-bond donors (Lipinski definition) is 2. The third kappa shape index (κ3) is 3.43. The first kappa shape index (κ1) is 17.6. The zero-order valence-electron chi connectivity index (χ0n) is 14.6. The molecule has 2 heterocycles. The molecule has 7 nitrogen and oxygen atoms in total. The van der Waals surface area contributed by atoms with Gasteiger partial charge >= 0.3 is 6.09 Å². The Morgan fingerprint density at radius 1 is 1.35 bits per heavy atom. The van der Waals surface area contributed by atoms with Gasteiger partial charge in [-0.2, -0.15) is 0 Å². The van der Waals surface area contributed by atoms with Crippen molar-refractivity contribution in [2.75, 3.05) is 13.1 Å². The number of alkyl carbamates (subject to hydrolysis) is 1. The van der Waals surface area contributed by atoms with E-state index in [9.17, 15) is 14.4 Å². The van der Waals surface area contributed by atoms with E-state index in [1.165, 1.54) is 0 Å². The van der Waals surface area contributed by atoms with Crippen LogP contribution in [0.25, 0.3) is 0 Å². The second-order valence-corrected chi connectivity index (χ2v) is 7.68. The monoisotopic (exact) mass is 325 g/mol. The van der Waals surface area contributed by atoms with Crippen molar-refractivity contribution in [1.29, 1.82) is 0 Å². The summed E-state index contributed by atoms with van der Waals surface area (Å²) in [4.78, 5) is 38.5. The van der Waals surface area contributed by atoms with E-state index in [1.54, 1.807) is 25.7 Å². The van der Waals surface area contributed by atoms with E-state index in [0.29, 0.717) is 19.5 Å². The predicted molar refractivity (Wildman–Crippen MR) is 84.7 cm³/mol. The standard InChI is InChI=1S/C16H27N3O4/c1-10(2)11(18-14(22)23-15(3,4)5)12(20)19-8-6-7-16(19)9-17-13(16)21/h10-11H,6-9H2,1-5H3,(H,17,21)(H,18,22)/t11-,16?/m0/s1. The molecule has 1 unspecified atom stereocenters. The smallest absolute Gasteiger partial charge is 0.408 e. The molecule has 7 heteroatoms. The molecule has 2 atom stereocenters. The Labute approximate surface area is 137 Å². The first-order chi connectivity index (χ1) is 10.6. The van der Waals surface area contributed by atoms with Crippen LogP contribution < -0.4 is 10.6 Å². The molecule has 0 aliphatic carbocycles. The fourth-order valence-corrected chi connectivity index (χ4v) is 3.10. The van der Waals surface area contributed by atoms with Crippen molar-refractivity contribution in [3.05, 3.63) is 0 Å². The minimum Gasteiger partial charge on any atom is -0.444 e. The first-order valence-corrected chi connectivity index (χ1v) is 8.16. The first-order valence-electron chi connectivity index (χ1n) is 8.16. The molecule has 130 valence electrons. The maximum Gasteiger partial charge on any atom is 0.408 e. The molecule has 0 aromatic rings. The van der Waals surface area contributed by atoms with Crippen molar-refractivity contribution in [3.8, 4) is 0 Å². The quantitative estimate of drug-likeness (QED) is 0.759. The summed E-state index contributed by atoms with van der Waals surface area (Å²) in [6.07, 6.45) is 0.869. The van der Waals surface area contributed by atoms with Crippen LogP contribution in [0.1, 0.15) is 47.5 Å². The predicted octanol–water partition coefficient (Wildman–Crippen LogP) is 1.03. The molecule has 0 aromatic heterocycles. The molecule has 2 aliphatic rings. The molecule has 23 heavy (non-hydrogen) atoms. The Balaban J connectivity index is 2.10. The van der Waals surface area contributed by atoms with E-state index in [-0.39, 0.29) is 17.7 Å². The van der Waals surface area contributed by atoms with E-state index in [1.807, 2.05) is 13.8 Å². The highest BCUT2D eigenvalue weighted by atomic mass is 16.6. The normalized spacial score (nSPS) is 25.1. The van der Waals surface area contributed by atoms with Crippen molar-refractivity contribution in [2.24, 2.45) is 5.92 Å². The van der Waals surface area contributed by atoms with Gasteiger partial charge < -0.3 is 20.3 Å². The van der Waals surface area contributed by atoms with Gasteiger partial charge in [0.15, 0.2) is 0 Å². The Morgan fingerprint density at radius 3 is 2.43 bits per heavy atom. The van der Waals surface area contributed by atoms with Crippen LogP contribution >= 0.6 is 0 Å². The largest absolute Gasteiger partial charge is 0.444 e. The maximum atomic E-state index is 12.9. The van der Waals surface area contributed by atoms with Crippen molar-refractivity contribution in [3.63, 3.8) is 0 Å². The number of rotatable bonds is 3. The summed E-state index contributed by atoms with van der Waals surface area (Å²) in [5.74, 6) is -0.405. The van der Waals surface area contributed by atoms with Gasteiger partial charge in [0.1, 0.15) is 17.2 Å². The van der Waals surface area contributed by atoms with Crippen molar-refractivity contribution >= 4 is 17.9 Å². The summed E-state index contributed by atoms with van der Waals surface area (Å²) >= 11 is 0. The molecule has 0 radical (unpaired) electrons. The fraction of sp³-hybridized carbons (Fsp3) is 0.812. The zero-order chi connectivity index (χ0) is 17.4. The summed E-state index contributed by atoms with van der Waals surface area (Å²) in [5, 5.41) is 5.39. The number of hydrogen-bond acceptors (Lipinski definition) is 4. The molecule has 2 rings (SSSR count). The van der Waals surface area contributed by atoms with E-state index in [2.05, 4.69) is 10.6 Å². The third-order valence-electron chi connectivity index (χ3n) is 4.32. The number of carbonyl (C=O) groups excluding carboxylic acids is 3.